The maximum Gasteiger partial charge on any atom is 0.275 e. The largest absolute Gasteiger partial charge is 0.351 e. The summed E-state index contributed by atoms with van der Waals surface area (Å²) in [5, 5.41) is 12.7. The Bertz CT molecular complexity index is 978. The van der Waals surface area contributed by atoms with Gasteiger partial charge in [0.1, 0.15) is 5.54 Å². The predicted molar refractivity (Wildman–Crippen MR) is 141 cm³/mol. The van der Waals surface area contributed by atoms with E-state index in [4.69, 9.17) is 0 Å². The number of aryl methyl sites for hydroxylation is 1. The summed E-state index contributed by atoms with van der Waals surface area (Å²) in [6.07, 6.45) is 11.1. The van der Waals surface area contributed by atoms with Crippen molar-refractivity contribution in [3.63, 3.8) is 0 Å². The zero-order valence-corrected chi connectivity index (χ0v) is 21.9. The zero-order chi connectivity index (χ0) is 26.0. The molecule has 2 amide bonds. The van der Waals surface area contributed by atoms with Gasteiger partial charge in [0.25, 0.3) is 5.91 Å². The maximum atomic E-state index is 12.8. The van der Waals surface area contributed by atoms with Crippen LogP contribution in [0.4, 0.5) is 0 Å². The van der Waals surface area contributed by atoms with Crippen LogP contribution in [0.3, 0.4) is 0 Å². The van der Waals surface area contributed by atoms with Crippen molar-refractivity contribution in [1.29, 1.82) is 0 Å². The molecule has 8 heteroatoms. The molecule has 0 spiro atoms. The van der Waals surface area contributed by atoms with Gasteiger partial charge in [-0.2, -0.15) is 5.10 Å². The van der Waals surface area contributed by atoms with Crippen LogP contribution >= 0.6 is 0 Å². The molecule has 0 saturated heterocycles. The van der Waals surface area contributed by atoms with E-state index in [0.29, 0.717) is 25.2 Å². The van der Waals surface area contributed by atoms with E-state index in [0.717, 1.165) is 25.7 Å². The van der Waals surface area contributed by atoms with Crippen LogP contribution in [-0.4, -0.2) is 64.9 Å². The number of H-pyrrole nitrogens is 1. The highest BCUT2D eigenvalue weighted by molar-refractivity contribution is 6.00. The number of nitrogens with zero attached hydrogens (tertiary/aromatic N) is 2. The van der Waals surface area contributed by atoms with Gasteiger partial charge in [-0.1, -0.05) is 56.0 Å². The Kier molecular flexibility index (Phi) is 10.2. The molecular weight excluding hydrogens is 454 g/mol. The lowest BCUT2D eigenvalue weighted by Gasteiger charge is -2.28. The number of nitrogens with one attached hydrogen (secondary N) is 3. The number of amides is 2. The zero-order valence-electron chi connectivity index (χ0n) is 21.9. The monoisotopic (exact) mass is 495 g/mol. The lowest BCUT2D eigenvalue weighted by atomic mass is 10.1. The van der Waals surface area contributed by atoms with Crippen LogP contribution in [0.15, 0.2) is 36.4 Å². The molecule has 2 fully saturated rings. The van der Waals surface area contributed by atoms with Gasteiger partial charge < -0.3 is 15.5 Å². The molecule has 4 rings (SSSR count). The fraction of sp³-hybridized carbons (Fsp3) is 0.571. The number of likely N-dealkylation sites (N-methyl/N-ethyl adjacent to an activating group) is 1. The number of benzene rings is 1. The first-order valence-electron chi connectivity index (χ1n) is 13.2. The minimum Gasteiger partial charge on any atom is -0.351 e. The molecule has 1 atom stereocenters. The van der Waals surface area contributed by atoms with Crippen LogP contribution in [0, 0.1) is 0 Å². The predicted octanol–water partition coefficient (Wildman–Crippen LogP) is 3.89. The van der Waals surface area contributed by atoms with Crippen molar-refractivity contribution in [1.82, 2.24) is 25.7 Å². The Morgan fingerprint density at radius 3 is 2.39 bits per heavy atom. The molecule has 2 aliphatic carbocycles. The van der Waals surface area contributed by atoms with E-state index in [9.17, 15) is 14.4 Å². The second-order valence-electron chi connectivity index (χ2n) is 10.1. The molecule has 1 unspecified atom stereocenters. The van der Waals surface area contributed by atoms with Crippen molar-refractivity contribution in [2.24, 2.45) is 0 Å². The number of hydrogen-bond donors (Lipinski definition) is 3. The summed E-state index contributed by atoms with van der Waals surface area (Å²) >= 11 is 0. The van der Waals surface area contributed by atoms with E-state index in [1.54, 1.807) is 7.05 Å². The summed E-state index contributed by atoms with van der Waals surface area (Å²) < 4.78 is 0. The van der Waals surface area contributed by atoms with Crippen LogP contribution in [0.25, 0.3) is 0 Å². The van der Waals surface area contributed by atoms with Gasteiger partial charge in [0.05, 0.1) is 5.69 Å². The van der Waals surface area contributed by atoms with Crippen molar-refractivity contribution in [2.75, 3.05) is 14.1 Å². The molecule has 0 bridgehead atoms. The van der Waals surface area contributed by atoms with Crippen LogP contribution < -0.4 is 10.6 Å². The molecule has 1 aromatic heterocycles. The molecule has 1 heterocycles. The second-order valence-corrected chi connectivity index (χ2v) is 10.1. The minimum atomic E-state index is -0.760. The normalized spacial score (nSPS) is 17.6. The average Bonchev–Trinajstić information content (AvgIpc) is 3.65. The van der Waals surface area contributed by atoms with Gasteiger partial charge in [0, 0.05) is 19.1 Å². The summed E-state index contributed by atoms with van der Waals surface area (Å²) in [5.41, 5.74) is 1.08. The smallest absolute Gasteiger partial charge is 0.275 e. The van der Waals surface area contributed by atoms with Gasteiger partial charge in [0.2, 0.25) is 5.91 Å². The fourth-order valence-electron chi connectivity index (χ4n) is 4.62. The van der Waals surface area contributed by atoms with E-state index in [-0.39, 0.29) is 29.2 Å². The molecule has 1 aromatic carbocycles. The third-order valence-corrected chi connectivity index (χ3v) is 7.43. The molecule has 3 N–H and O–H groups in total. The van der Waals surface area contributed by atoms with E-state index < -0.39 is 5.54 Å². The average molecular weight is 496 g/mol. The van der Waals surface area contributed by atoms with Gasteiger partial charge in [-0.15, -0.1) is 0 Å². The lowest BCUT2D eigenvalue weighted by molar-refractivity contribution is -0.127. The van der Waals surface area contributed by atoms with Crippen LogP contribution in [-0.2, 0) is 11.2 Å². The van der Waals surface area contributed by atoms with E-state index >= 15 is 0 Å². The van der Waals surface area contributed by atoms with Gasteiger partial charge in [-0.25, -0.2) is 0 Å². The molecule has 2 aromatic rings. The lowest BCUT2D eigenvalue weighted by Crippen LogP contribution is -2.52. The van der Waals surface area contributed by atoms with Gasteiger partial charge in [-0.3, -0.25) is 19.5 Å². The quantitative estimate of drug-likeness (QED) is 0.361. The summed E-state index contributed by atoms with van der Waals surface area (Å²) in [7, 11) is 3.65. The summed E-state index contributed by atoms with van der Waals surface area (Å²) in [6, 6.07) is 12.9. The first-order chi connectivity index (χ1) is 17.4. The topological polar surface area (TPSA) is 107 Å². The van der Waals surface area contributed by atoms with Crippen molar-refractivity contribution in [2.45, 2.75) is 88.8 Å². The highest BCUT2D eigenvalue weighted by atomic mass is 16.2. The van der Waals surface area contributed by atoms with E-state index in [1.165, 1.54) is 42.2 Å². The van der Waals surface area contributed by atoms with Crippen LogP contribution in [0.5, 0.6) is 0 Å². The van der Waals surface area contributed by atoms with Crippen molar-refractivity contribution < 1.29 is 14.4 Å². The molecule has 2 aliphatic rings. The number of carbonyl (C=O) groups is 3. The number of aromatic nitrogens is 2. The summed E-state index contributed by atoms with van der Waals surface area (Å²) in [5.74, 6) is -0.399. The number of hydrogen-bond acceptors (Lipinski definition) is 5. The summed E-state index contributed by atoms with van der Waals surface area (Å²) in [4.78, 5) is 37.5. The van der Waals surface area contributed by atoms with E-state index in [2.05, 4.69) is 58.1 Å². The first-order valence-corrected chi connectivity index (χ1v) is 13.2. The van der Waals surface area contributed by atoms with E-state index in [1.807, 2.05) is 7.05 Å². The third-order valence-electron chi connectivity index (χ3n) is 7.43. The standard InChI is InChI=1S/C17H24N4O3.C11H17N/c1-21(15(23)14-10-13(11-22)19-20-14)17(8-9-17)16(24)18-12-6-4-2-3-5-7-12;1-10(12-2)8-9-11-6-4-3-5-7-11/h10-12H,2-9H2,1H3,(H,18,24)(H,19,20);3-7,10,12H,8-9H2,1-2H3. The third kappa shape index (κ3) is 7.50. The number of aldehydes is 1. The highest BCUT2D eigenvalue weighted by Gasteiger charge is 2.55. The number of rotatable bonds is 9. The molecule has 8 nitrogen and oxygen atoms in total. The Hall–Kier alpha value is -3.00. The molecular formula is C28H41N5O3. The highest BCUT2D eigenvalue weighted by Crippen LogP contribution is 2.42. The Morgan fingerprint density at radius 2 is 1.83 bits per heavy atom. The summed E-state index contributed by atoms with van der Waals surface area (Å²) in [6.45, 7) is 2.21. The molecule has 0 radical (unpaired) electrons. The molecule has 36 heavy (non-hydrogen) atoms. The number of aromatic amines is 1. The Balaban J connectivity index is 0.000000253. The van der Waals surface area contributed by atoms with Gasteiger partial charge >= 0.3 is 0 Å². The molecule has 196 valence electrons. The van der Waals surface area contributed by atoms with Crippen LogP contribution in [0.2, 0.25) is 0 Å². The molecule has 2 saturated carbocycles. The molecule has 0 aliphatic heterocycles. The van der Waals surface area contributed by atoms with Crippen molar-refractivity contribution in [3.8, 4) is 0 Å². The first kappa shape index (κ1) is 27.6. The Morgan fingerprint density at radius 1 is 1.17 bits per heavy atom. The second kappa shape index (κ2) is 13.3. The SMILES string of the molecule is CN(C(=O)c1cc(C=O)[nH]n1)C1(C(=O)NC2CCCCCC2)CC1.CNC(C)CCc1ccccc1. The van der Waals surface area contributed by atoms with Crippen molar-refractivity contribution >= 4 is 18.1 Å². The van der Waals surface area contributed by atoms with Gasteiger partial charge in [0.15, 0.2) is 12.0 Å². The maximum absolute atomic E-state index is 12.8. The fourth-order valence-corrected chi connectivity index (χ4v) is 4.62. The van der Waals surface area contributed by atoms with Gasteiger partial charge in [-0.05, 0) is 64.1 Å². The van der Waals surface area contributed by atoms with Crippen molar-refractivity contribution in [3.05, 3.63) is 53.3 Å². The number of carbonyl (C=O) groups excluding carboxylic acids is 3. The Labute approximate surface area is 214 Å². The minimum absolute atomic E-state index is 0.0589. The van der Waals surface area contributed by atoms with Crippen LogP contribution in [0.1, 0.15) is 91.3 Å².